The molecule has 23 heavy (non-hydrogen) atoms. The number of rotatable bonds is 1. The van der Waals surface area contributed by atoms with Gasteiger partial charge in [-0.15, -0.1) is 0 Å². The molecule has 120 valence electrons. The zero-order valence-corrected chi connectivity index (χ0v) is 13.0. The van der Waals surface area contributed by atoms with Crippen molar-refractivity contribution in [3.63, 3.8) is 0 Å². The van der Waals surface area contributed by atoms with E-state index in [4.69, 9.17) is 4.74 Å². The first-order valence-corrected chi connectivity index (χ1v) is 8.40. The van der Waals surface area contributed by atoms with E-state index in [0.717, 1.165) is 24.2 Å². The molecule has 1 aliphatic heterocycles. The van der Waals surface area contributed by atoms with E-state index >= 15 is 0 Å². The van der Waals surface area contributed by atoms with E-state index < -0.39 is 0 Å². The fraction of sp³-hybridized carbons (Fsp3) is 0.474. The first-order chi connectivity index (χ1) is 11.2. The first kappa shape index (κ1) is 14.5. The molecular formula is C19H20O4. The average Bonchev–Trinajstić information content (AvgIpc) is 2.54. The van der Waals surface area contributed by atoms with Crippen LogP contribution in [0.15, 0.2) is 35.6 Å². The summed E-state index contributed by atoms with van der Waals surface area (Å²) in [5.41, 5.74) is 1.32. The molecule has 1 N–H and O–H groups in total. The molecule has 1 aromatic carbocycles. The van der Waals surface area contributed by atoms with Gasteiger partial charge in [0.25, 0.3) is 0 Å². The lowest BCUT2D eigenvalue weighted by Crippen LogP contribution is -2.45. The molecule has 3 aliphatic rings. The molecule has 0 spiro atoms. The van der Waals surface area contributed by atoms with Gasteiger partial charge in [-0.05, 0) is 25.3 Å². The van der Waals surface area contributed by atoms with Crippen LogP contribution in [0.25, 0.3) is 0 Å². The van der Waals surface area contributed by atoms with E-state index in [1.807, 2.05) is 24.3 Å². The highest BCUT2D eigenvalue weighted by Crippen LogP contribution is 2.49. The van der Waals surface area contributed by atoms with Crippen molar-refractivity contribution in [2.45, 2.75) is 50.5 Å². The number of ketones is 2. The van der Waals surface area contributed by atoms with E-state index in [1.54, 1.807) is 0 Å². The van der Waals surface area contributed by atoms with Gasteiger partial charge in [0.1, 0.15) is 17.6 Å². The smallest absolute Gasteiger partial charge is 0.162 e. The number of fused-ring (bicyclic) bond motifs is 2. The Balaban J connectivity index is 1.90. The molecule has 1 aromatic rings. The second kappa shape index (κ2) is 5.52. The van der Waals surface area contributed by atoms with Crippen molar-refractivity contribution in [2.75, 3.05) is 0 Å². The number of carbonyl (C=O) groups is 2. The lowest BCUT2D eigenvalue weighted by Gasteiger charge is -2.42. The molecule has 0 amide bonds. The molecular weight excluding hydrogens is 292 g/mol. The van der Waals surface area contributed by atoms with Gasteiger partial charge in [-0.1, -0.05) is 18.2 Å². The van der Waals surface area contributed by atoms with E-state index in [1.165, 1.54) is 0 Å². The second-order valence-corrected chi connectivity index (χ2v) is 6.69. The van der Waals surface area contributed by atoms with Crippen molar-refractivity contribution >= 4 is 11.6 Å². The quantitative estimate of drug-likeness (QED) is 0.862. The molecule has 0 saturated heterocycles. The van der Waals surface area contributed by atoms with Crippen LogP contribution in [0.1, 0.15) is 50.0 Å². The number of benzene rings is 1. The van der Waals surface area contributed by atoms with Crippen LogP contribution in [-0.2, 0) is 9.59 Å². The molecule has 4 heteroatoms. The summed E-state index contributed by atoms with van der Waals surface area (Å²) in [6, 6.07) is 7.61. The van der Waals surface area contributed by atoms with Gasteiger partial charge in [-0.3, -0.25) is 9.59 Å². The third-order valence-corrected chi connectivity index (χ3v) is 5.32. The zero-order chi connectivity index (χ0) is 16.0. The van der Waals surface area contributed by atoms with Crippen LogP contribution >= 0.6 is 0 Å². The Bertz CT molecular complexity index is 703. The third-order valence-electron chi connectivity index (χ3n) is 5.32. The van der Waals surface area contributed by atoms with Crippen molar-refractivity contribution in [2.24, 2.45) is 5.92 Å². The van der Waals surface area contributed by atoms with Crippen LogP contribution in [0.2, 0.25) is 0 Å². The van der Waals surface area contributed by atoms with Crippen molar-refractivity contribution < 1.29 is 19.4 Å². The summed E-state index contributed by atoms with van der Waals surface area (Å²) < 4.78 is 6.06. The van der Waals surface area contributed by atoms with Crippen molar-refractivity contribution in [3.8, 4) is 5.75 Å². The van der Waals surface area contributed by atoms with Gasteiger partial charge in [0.05, 0.1) is 11.7 Å². The molecule has 1 heterocycles. The zero-order valence-electron chi connectivity index (χ0n) is 13.0. The third kappa shape index (κ3) is 2.28. The molecule has 3 atom stereocenters. The number of para-hydroxylation sites is 1. The van der Waals surface area contributed by atoms with E-state index in [-0.39, 0.29) is 35.3 Å². The number of ether oxygens (including phenoxy) is 1. The summed E-state index contributed by atoms with van der Waals surface area (Å²) in [4.78, 5) is 25.1. The number of Topliss-reactive ketones (excluding diaryl/α,β-unsaturated/α-hetero) is 2. The molecule has 1 saturated carbocycles. The summed E-state index contributed by atoms with van der Waals surface area (Å²) in [5.74, 6) is 0.336. The van der Waals surface area contributed by atoms with Gasteiger partial charge in [0.15, 0.2) is 5.78 Å². The number of carbonyl (C=O) groups excluding carboxylic acids is 2. The fourth-order valence-electron chi connectivity index (χ4n) is 4.30. The SMILES string of the molecule is O=C1CCCC(O)=C1[C@H]1c2ccccc2O[C@H]2CCCC(=O)[C@H]21. The lowest BCUT2D eigenvalue weighted by atomic mass is 9.67. The van der Waals surface area contributed by atoms with E-state index in [2.05, 4.69) is 0 Å². The summed E-state index contributed by atoms with van der Waals surface area (Å²) in [6.45, 7) is 0. The van der Waals surface area contributed by atoms with Gasteiger partial charge < -0.3 is 9.84 Å². The predicted molar refractivity (Wildman–Crippen MR) is 84.5 cm³/mol. The van der Waals surface area contributed by atoms with Crippen molar-refractivity contribution in [3.05, 3.63) is 41.2 Å². The van der Waals surface area contributed by atoms with Crippen LogP contribution < -0.4 is 4.74 Å². The Kier molecular flexibility index (Phi) is 3.47. The van der Waals surface area contributed by atoms with E-state index in [9.17, 15) is 14.7 Å². The predicted octanol–water partition coefficient (Wildman–Crippen LogP) is 3.47. The monoisotopic (exact) mass is 312 g/mol. The number of aliphatic hydroxyl groups excluding tert-OH is 1. The van der Waals surface area contributed by atoms with Gasteiger partial charge in [-0.2, -0.15) is 0 Å². The summed E-state index contributed by atoms with van der Waals surface area (Å²) in [7, 11) is 0. The summed E-state index contributed by atoms with van der Waals surface area (Å²) in [5, 5.41) is 10.4. The first-order valence-electron chi connectivity index (χ1n) is 8.40. The minimum atomic E-state index is -0.356. The Labute approximate surface area is 135 Å². The van der Waals surface area contributed by atoms with Crippen LogP contribution in [0.3, 0.4) is 0 Å². The molecule has 0 unspecified atom stereocenters. The fourth-order valence-corrected chi connectivity index (χ4v) is 4.30. The minimum Gasteiger partial charge on any atom is -0.512 e. The van der Waals surface area contributed by atoms with Crippen LogP contribution in [0, 0.1) is 5.92 Å². The number of allylic oxidation sites excluding steroid dienone is 2. The molecule has 1 fully saturated rings. The van der Waals surface area contributed by atoms with Gasteiger partial charge in [-0.25, -0.2) is 0 Å². The van der Waals surface area contributed by atoms with Crippen molar-refractivity contribution in [1.29, 1.82) is 0 Å². The highest BCUT2D eigenvalue weighted by atomic mass is 16.5. The largest absolute Gasteiger partial charge is 0.512 e. The molecule has 0 aromatic heterocycles. The topological polar surface area (TPSA) is 63.6 Å². The van der Waals surface area contributed by atoms with Crippen LogP contribution in [0.5, 0.6) is 5.75 Å². The number of aliphatic hydroxyl groups is 1. The van der Waals surface area contributed by atoms with Gasteiger partial charge >= 0.3 is 0 Å². The Morgan fingerprint density at radius 2 is 1.87 bits per heavy atom. The average molecular weight is 312 g/mol. The maximum atomic E-state index is 12.6. The van der Waals surface area contributed by atoms with Gasteiger partial charge in [0, 0.05) is 36.3 Å². The van der Waals surface area contributed by atoms with Crippen LogP contribution in [0.4, 0.5) is 0 Å². The Hall–Kier alpha value is -2.10. The highest BCUT2D eigenvalue weighted by molar-refractivity contribution is 6.00. The molecule has 0 radical (unpaired) electrons. The molecule has 4 nitrogen and oxygen atoms in total. The van der Waals surface area contributed by atoms with Crippen molar-refractivity contribution in [1.82, 2.24) is 0 Å². The molecule has 0 bridgehead atoms. The molecule has 4 rings (SSSR count). The highest BCUT2D eigenvalue weighted by Gasteiger charge is 2.48. The number of hydrogen-bond donors (Lipinski definition) is 1. The number of hydrogen-bond acceptors (Lipinski definition) is 4. The summed E-state index contributed by atoms with van der Waals surface area (Å²) >= 11 is 0. The Morgan fingerprint density at radius 1 is 1.04 bits per heavy atom. The Morgan fingerprint density at radius 3 is 2.70 bits per heavy atom. The molecule has 2 aliphatic carbocycles. The maximum Gasteiger partial charge on any atom is 0.162 e. The minimum absolute atomic E-state index is 0.0208. The lowest BCUT2D eigenvalue weighted by molar-refractivity contribution is -0.130. The standard InChI is InChI=1S/C19H20O4/c20-12-6-3-7-13(21)18(12)17-11-5-1-2-9-15(11)23-16-10-4-8-14(22)19(16)17/h1-2,5,9,16-17,19-20H,3-4,6-8,10H2/t16-,17+,19+/m0/s1. The van der Waals surface area contributed by atoms with Crippen LogP contribution in [-0.4, -0.2) is 22.8 Å². The normalized spacial score (nSPS) is 30.5. The summed E-state index contributed by atoms with van der Waals surface area (Å²) in [6.07, 6.45) is 3.65. The van der Waals surface area contributed by atoms with E-state index in [0.29, 0.717) is 31.3 Å². The van der Waals surface area contributed by atoms with Gasteiger partial charge in [0.2, 0.25) is 0 Å². The second-order valence-electron chi connectivity index (χ2n) is 6.69. The maximum absolute atomic E-state index is 12.6.